The highest BCUT2D eigenvalue weighted by Gasteiger charge is 2.28. The van der Waals surface area contributed by atoms with Crippen LogP contribution in [0.5, 0.6) is 17.2 Å². The molecule has 142 valence electrons. The molecule has 0 aromatic heterocycles. The van der Waals surface area contributed by atoms with Crippen LogP contribution in [0.15, 0.2) is 42.5 Å². The summed E-state index contributed by atoms with van der Waals surface area (Å²) < 4.78 is 16.0. The molecule has 1 saturated heterocycles. The number of hydrogen-bond acceptors (Lipinski definition) is 5. The lowest BCUT2D eigenvalue weighted by Gasteiger charge is -2.41. The lowest BCUT2D eigenvalue weighted by atomic mass is 10.1. The third-order valence-corrected chi connectivity index (χ3v) is 5.18. The summed E-state index contributed by atoms with van der Waals surface area (Å²) in [6.45, 7) is 4.71. The Balaban J connectivity index is 1.38. The zero-order valence-electron chi connectivity index (χ0n) is 15.7. The van der Waals surface area contributed by atoms with E-state index in [1.165, 1.54) is 0 Å². The number of rotatable bonds is 4. The first kappa shape index (κ1) is 17.5. The van der Waals surface area contributed by atoms with E-state index in [9.17, 15) is 4.79 Å². The Morgan fingerprint density at radius 2 is 1.89 bits per heavy atom. The lowest BCUT2D eigenvalue weighted by molar-refractivity contribution is -0.132. The van der Waals surface area contributed by atoms with Crippen molar-refractivity contribution in [1.82, 2.24) is 4.90 Å². The molecule has 1 atom stereocenters. The number of carbonyl (C=O) groups is 1. The largest absolute Gasteiger partial charge is 0.497 e. The van der Waals surface area contributed by atoms with E-state index >= 15 is 0 Å². The van der Waals surface area contributed by atoms with Crippen LogP contribution in [0, 0.1) is 0 Å². The highest BCUT2D eigenvalue weighted by molar-refractivity contribution is 5.79. The number of hydrogen-bond donors (Lipinski definition) is 0. The van der Waals surface area contributed by atoms with Gasteiger partial charge in [-0.05, 0) is 48.9 Å². The van der Waals surface area contributed by atoms with Crippen molar-refractivity contribution in [1.29, 1.82) is 0 Å². The Kier molecular flexibility index (Phi) is 4.79. The van der Waals surface area contributed by atoms with E-state index in [0.717, 1.165) is 48.1 Å². The molecule has 0 spiro atoms. The van der Waals surface area contributed by atoms with E-state index < -0.39 is 0 Å². The molecule has 0 radical (unpaired) electrons. The van der Waals surface area contributed by atoms with Crippen molar-refractivity contribution < 1.29 is 19.0 Å². The fourth-order valence-corrected chi connectivity index (χ4v) is 3.68. The van der Waals surface area contributed by atoms with Crippen LogP contribution in [0.2, 0.25) is 0 Å². The number of methoxy groups -OCH3 is 1. The lowest BCUT2D eigenvalue weighted by Crippen LogP contribution is -2.54. The fourth-order valence-electron chi connectivity index (χ4n) is 3.68. The smallest absolute Gasteiger partial charge is 0.231 e. The zero-order chi connectivity index (χ0) is 18.8. The first-order valence-corrected chi connectivity index (χ1v) is 9.21. The van der Waals surface area contributed by atoms with Gasteiger partial charge in [-0.15, -0.1) is 0 Å². The van der Waals surface area contributed by atoms with Crippen molar-refractivity contribution in [3.05, 3.63) is 48.0 Å². The number of ether oxygens (including phenoxy) is 3. The van der Waals surface area contributed by atoms with Gasteiger partial charge < -0.3 is 24.0 Å². The van der Waals surface area contributed by atoms with E-state index in [1.807, 2.05) is 35.2 Å². The van der Waals surface area contributed by atoms with Crippen molar-refractivity contribution in [2.45, 2.75) is 19.4 Å². The number of benzene rings is 2. The highest BCUT2D eigenvalue weighted by Crippen LogP contribution is 2.32. The number of carbonyl (C=O) groups excluding carboxylic acids is 1. The molecular weight excluding hydrogens is 344 g/mol. The van der Waals surface area contributed by atoms with Gasteiger partial charge in [-0.2, -0.15) is 0 Å². The quantitative estimate of drug-likeness (QED) is 0.831. The molecule has 1 amide bonds. The van der Waals surface area contributed by atoms with Gasteiger partial charge in [0, 0.05) is 31.4 Å². The minimum atomic E-state index is 0.149. The molecule has 0 bridgehead atoms. The molecule has 2 aliphatic rings. The summed E-state index contributed by atoms with van der Waals surface area (Å²) in [5.41, 5.74) is 2.11. The zero-order valence-corrected chi connectivity index (χ0v) is 15.7. The highest BCUT2D eigenvalue weighted by atomic mass is 16.7. The van der Waals surface area contributed by atoms with Gasteiger partial charge in [0.2, 0.25) is 12.7 Å². The minimum Gasteiger partial charge on any atom is -0.497 e. The van der Waals surface area contributed by atoms with E-state index in [0.29, 0.717) is 6.42 Å². The van der Waals surface area contributed by atoms with Crippen LogP contribution < -0.4 is 19.1 Å². The topological polar surface area (TPSA) is 51.2 Å². The Hall–Kier alpha value is -2.89. The fraction of sp³-hybridized carbons (Fsp3) is 0.381. The number of amides is 1. The molecule has 2 heterocycles. The molecule has 1 unspecified atom stereocenters. The molecule has 2 aromatic rings. The standard InChI is InChI=1S/C21H24N2O4/c1-15-13-22(17-4-6-18(25-2)7-5-17)9-10-23(15)21(24)12-16-3-8-19-20(11-16)27-14-26-19/h3-8,11,15H,9-10,12-14H2,1-2H3. The molecule has 2 aromatic carbocycles. The second-order valence-corrected chi connectivity index (χ2v) is 6.94. The maximum Gasteiger partial charge on any atom is 0.231 e. The number of fused-ring (bicyclic) bond motifs is 1. The Bertz CT molecular complexity index is 821. The minimum absolute atomic E-state index is 0.149. The average molecular weight is 368 g/mol. The van der Waals surface area contributed by atoms with Crippen molar-refractivity contribution in [3.8, 4) is 17.2 Å². The molecular formula is C21H24N2O4. The summed E-state index contributed by atoms with van der Waals surface area (Å²) in [4.78, 5) is 17.1. The van der Waals surface area contributed by atoms with Crippen molar-refractivity contribution >= 4 is 11.6 Å². The van der Waals surface area contributed by atoms with Crippen LogP contribution in [0.25, 0.3) is 0 Å². The maximum atomic E-state index is 12.8. The first-order valence-electron chi connectivity index (χ1n) is 9.21. The summed E-state index contributed by atoms with van der Waals surface area (Å²) in [6, 6.07) is 13.9. The van der Waals surface area contributed by atoms with E-state index in [2.05, 4.69) is 24.0 Å². The second kappa shape index (κ2) is 7.39. The van der Waals surface area contributed by atoms with Gasteiger partial charge in [-0.3, -0.25) is 4.79 Å². The van der Waals surface area contributed by atoms with Crippen molar-refractivity contribution in [2.75, 3.05) is 38.4 Å². The van der Waals surface area contributed by atoms with Crippen LogP contribution in [-0.4, -0.2) is 50.4 Å². The molecule has 0 saturated carbocycles. The number of nitrogens with zero attached hydrogens (tertiary/aromatic N) is 2. The van der Waals surface area contributed by atoms with Crippen LogP contribution >= 0.6 is 0 Å². The third kappa shape index (κ3) is 3.65. The summed E-state index contributed by atoms with van der Waals surface area (Å²) in [7, 11) is 1.67. The first-order chi connectivity index (χ1) is 13.1. The SMILES string of the molecule is COc1ccc(N2CCN(C(=O)Cc3ccc4c(c3)OCO4)C(C)C2)cc1. The predicted octanol–water partition coefficient (Wildman–Crippen LogP) is 2.70. The van der Waals surface area contributed by atoms with Gasteiger partial charge in [0.05, 0.1) is 13.5 Å². The normalized spacial score (nSPS) is 18.5. The summed E-state index contributed by atoms with van der Waals surface area (Å²) in [6.07, 6.45) is 0.378. The van der Waals surface area contributed by atoms with Gasteiger partial charge in [0.1, 0.15) is 5.75 Å². The van der Waals surface area contributed by atoms with Crippen LogP contribution in [0.4, 0.5) is 5.69 Å². The van der Waals surface area contributed by atoms with Crippen LogP contribution in [-0.2, 0) is 11.2 Å². The molecule has 27 heavy (non-hydrogen) atoms. The van der Waals surface area contributed by atoms with Crippen molar-refractivity contribution in [3.63, 3.8) is 0 Å². The molecule has 2 aliphatic heterocycles. The number of anilines is 1. The van der Waals surface area contributed by atoms with Gasteiger partial charge in [0.15, 0.2) is 11.5 Å². The molecule has 4 rings (SSSR count). The molecule has 0 N–H and O–H groups in total. The van der Waals surface area contributed by atoms with Crippen LogP contribution in [0.1, 0.15) is 12.5 Å². The van der Waals surface area contributed by atoms with Gasteiger partial charge in [0.25, 0.3) is 0 Å². The van der Waals surface area contributed by atoms with Gasteiger partial charge >= 0.3 is 0 Å². The summed E-state index contributed by atoms with van der Waals surface area (Å²) in [5.74, 6) is 2.46. The van der Waals surface area contributed by atoms with E-state index in [-0.39, 0.29) is 18.7 Å². The molecule has 0 aliphatic carbocycles. The van der Waals surface area contributed by atoms with Gasteiger partial charge in [-0.25, -0.2) is 0 Å². The maximum absolute atomic E-state index is 12.8. The Morgan fingerprint density at radius 1 is 1.11 bits per heavy atom. The summed E-state index contributed by atoms with van der Waals surface area (Å²) >= 11 is 0. The molecule has 6 heteroatoms. The third-order valence-electron chi connectivity index (χ3n) is 5.18. The second-order valence-electron chi connectivity index (χ2n) is 6.94. The number of piperazine rings is 1. The predicted molar refractivity (Wildman–Crippen MR) is 103 cm³/mol. The Morgan fingerprint density at radius 3 is 2.63 bits per heavy atom. The van der Waals surface area contributed by atoms with E-state index in [4.69, 9.17) is 14.2 Å². The Labute approximate surface area is 159 Å². The van der Waals surface area contributed by atoms with Gasteiger partial charge in [-0.1, -0.05) is 6.07 Å². The molecule has 6 nitrogen and oxygen atoms in total. The monoisotopic (exact) mass is 368 g/mol. The molecule has 1 fully saturated rings. The average Bonchev–Trinajstić information content (AvgIpc) is 3.15. The van der Waals surface area contributed by atoms with Crippen LogP contribution in [0.3, 0.4) is 0 Å². The summed E-state index contributed by atoms with van der Waals surface area (Å²) in [5, 5.41) is 0. The van der Waals surface area contributed by atoms with E-state index in [1.54, 1.807) is 7.11 Å². The van der Waals surface area contributed by atoms with Crippen molar-refractivity contribution in [2.24, 2.45) is 0 Å².